The second-order valence-electron chi connectivity index (χ2n) is 3.09. The van der Waals surface area contributed by atoms with Gasteiger partial charge in [0.1, 0.15) is 5.51 Å². The van der Waals surface area contributed by atoms with E-state index in [2.05, 4.69) is 10.2 Å². The minimum absolute atomic E-state index is 0.335. The van der Waals surface area contributed by atoms with Crippen LogP contribution < -0.4 is 0 Å². The molecule has 2 aromatic rings. The molecule has 0 atom stereocenters. The van der Waals surface area contributed by atoms with Crippen LogP contribution in [0.25, 0.3) is 0 Å². The lowest BCUT2D eigenvalue weighted by molar-refractivity contribution is 0.0696. The molecule has 2 rings (SSSR count). The number of aromatic nitrogens is 2. The second kappa shape index (κ2) is 4.63. The van der Waals surface area contributed by atoms with E-state index in [0.29, 0.717) is 5.56 Å². The summed E-state index contributed by atoms with van der Waals surface area (Å²) in [4.78, 5) is 11.8. The van der Waals surface area contributed by atoms with Crippen LogP contribution in [-0.2, 0) is 0 Å². The van der Waals surface area contributed by atoms with Crippen molar-refractivity contribution in [2.75, 3.05) is 0 Å². The van der Waals surface area contributed by atoms with Crippen LogP contribution in [0, 0.1) is 6.92 Å². The van der Waals surface area contributed by atoms with Crippen LogP contribution >= 0.6 is 23.1 Å². The van der Waals surface area contributed by atoms with Crippen molar-refractivity contribution in [2.45, 2.75) is 16.2 Å². The molecule has 0 amide bonds. The van der Waals surface area contributed by atoms with Crippen molar-refractivity contribution < 1.29 is 9.90 Å². The number of carbonyl (C=O) groups is 1. The topological polar surface area (TPSA) is 63.1 Å². The van der Waals surface area contributed by atoms with Gasteiger partial charge >= 0.3 is 5.97 Å². The predicted molar refractivity (Wildman–Crippen MR) is 62.2 cm³/mol. The highest BCUT2D eigenvalue weighted by molar-refractivity contribution is 8.01. The molecular weight excluding hydrogens is 244 g/mol. The van der Waals surface area contributed by atoms with Crippen molar-refractivity contribution in [3.63, 3.8) is 0 Å². The number of aromatic carboxylic acids is 1. The SMILES string of the molecule is Cc1cc(Sc2nncs2)ccc1C(=O)O. The van der Waals surface area contributed by atoms with Gasteiger partial charge in [-0.15, -0.1) is 10.2 Å². The lowest BCUT2D eigenvalue weighted by atomic mass is 10.1. The molecule has 0 aliphatic heterocycles. The van der Waals surface area contributed by atoms with E-state index in [1.54, 1.807) is 24.6 Å². The van der Waals surface area contributed by atoms with Crippen molar-refractivity contribution in [1.29, 1.82) is 0 Å². The number of hydrogen-bond donors (Lipinski definition) is 1. The standard InChI is InChI=1S/C10H8N2O2S2/c1-6-4-7(2-3-8(6)9(13)14)16-10-12-11-5-15-10/h2-5H,1H3,(H,13,14). The summed E-state index contributed by atoms with van der Waals surface area (Å²) in [5.74, 6) is -0.898. The van der Waals surface area contributed by atoms with Crippen molar-refractivity contribution >= 4 is 29.1 Å². The number of carboxylic acid groups (broad SMARTS) is 1. The molecule has 16 heavy (non-hydrogen) atoms. The summed E-state index contributed by atoms with van der Waals surface area (Å²) in [6.45, 7) is 1.79. The zero-order chi connectivity index (χ0) is 11.5. The van der Waals surface area contributed by atoms with Crippen LogP contribution in [0.4, 0.5) is 0 Å². The van der Waals surface area contributed by atoms with Crippen LogP contribution in [0.5, 0.6) is 0 Å². The smallest absolute Gasteiger partial charge is 0.335 e. The van der Waals surface area contributed by atoms with Gasteiger partial charge in [0.15, 0.2) is 4.34 Å². The summed E-state index contributed by atoms with van der Waals surface area (Å²) in [6.07, 6.45) is 0. The highest BCUT2D eigenvalue weighted by Crippen LogP contribution is 2.29. The van der Waals surface area contributed by atoms with Crippen LogP contribution in [0.1, 0.15) is 15.9 Å². The minimum Gasteiger partial charge on any atom is -0.478 e. The lowest BCUT2D eigenvalue weighted by Gasteiger charge is -2.02. The fraction of sp³-hybridized carbons (Fsp3) is 0.100. The second-order valence-corrected chi connectivity index (χ2v) is 5.24. The Labute approximate surface area is 100 Å². The molecule has 6 heteroatoms. The first-order chi connectivity index (χ1) is 7.66. The van der Waals surface area contributed by atoms with Gasteiger partial charge in [-0.2, -0.15) is 0 Å². The summed E-state index contributed by atoms with van der Waals surface area (Å²) in [5.41, 5.74) is 2.75. The molecule has 82 valence electrons. The number of carboxylic acids is 1. The molecule has 0 aliphatic rings. The molecule has 0 saturated heterocycles. The van der Waals surface area contributed by atoms with Gasteiger partial charge in [0.25, 0.3) is 0 Å². The van der Waals surface area contributed by atoms with Gasteiger partial charge < -0.3 is 5.11 Å². The van der Waals surface area contributed by atoms with Crippen molar-refractivity contribution in [1.82, 2.24) is 10.2 Å². The fourth-order valence-corrected chi connectivity index (χ4v) is 2.80. The Hall–Kier alpha value is -1.40. The van der Waals surface area contributed by atoms with Crippen LogP contribution in [0.15, 0.2) is 32.9 Å². The molecule has 0 aliphatic carbocycles. The fourth-order valence-electron chi connectivity index (χ4n) is 1.25. The van der Waals surface area contributed by atoms with Crippen LogP contribution in [-0.4, -0.2) is 21.3 Å². The molecule has 1 aromatic carbocycles. The predicted octanol–water partition coefficient (Wildman–Crippen LogP) is 2.70. The highest BCUT2D eigenvalue weighted by atomic mass is 32.2. The van der Waals surface area contributed by atoms with E-state index in [9.17, 15) is 4.79 Å². The van der Waals surface area contributed by atoms with E-state index in [1.807, 2.05) is 6.07 Å². The molecule has 0 radical (unpaired) electrons. The lowest BCUT2D eigenvalue weighted by Crippen LogP contribution is -1.98. The molecular formula is C10H8N2O2S2. The van der Waals surface area contributed by atoms with Crippen molar-refractivity contribution in [2.24, 2.45) is 0 Å². The number of nitrogens with zero attached hydrogens (tertiary/aromatic N) is 2. The third-order valence-corrected chi connectivity index (χ3v) is 3.74. The van der Waals surface area contributed by atoms with E-state index < -0.39 is 5.97 Å². The minimum atomic E-state index is -0.898. The Morgan fingerprint density at radius 3 is 2.88 bits per heavy atom. The Kier molecular flexibility index (Phi) is 3.21. The molecule has 1 heterocycles. The first kappa shape index (κ1) is 11.1. The Balaban J connectivity index is 2.24. The number of rotatable bonds is 3. The van der Waals surface area contributed by atoms with E-state index in [0.717, 1.165) is 14.8 Å². The number of aryl methyl sites for hydroxylation is 1. The van der Waals surface area contributed by atoms with E-state index >= 15 is 0 Å². The van der Waals surface area contributed by atoms with Gasteiger partial charge in [0.2, 0.25) is 0 Å². The normalized spacial score (nSPS) is 10.3. The summed E-state index contributed by atoms with van der Waals surface area (Å²) in [5, 5.41) is 16.5. The monoisotopic (exact) mass is 252 g/mol. The summed E-state index contributed by atoms with van der Waals surface area (Å²) >= 11 is 2.94. The first-order valence-electron chi connectivity index (χ1n) is 4.45. The number of benzene rings is 1. The van der Waals surface area contributed by atoms with Gasteiger partial charge in [-0.3, -0.25) is 0 Å². The van der Waals surface area contributed by atoms with E-state index in [1.165, 1.54) is 23.1 Å². The average Bonchev–Trinajstić information content (AvgIpc) is 2.70. The zero-order valence-electron chi connectivity index (χ0n) is 8.38. The third-order valence-electron chi connectivity index (χ3n) is 1.97. The molecule has 0 unspecified atom stereocenters. The van der Waals surface area contributed by atoms with E-state index in [4.69, 9.17) is 5.11 Å². The quantitative estimate of drug-likeness (QED) is 0.910. The van der Waals surface area contributed by atoms with Crippen LogP contribution in [0.2, 0.25) is 0 Å². The maximum atomic E-state index is 10.8. The van der Waals surface area contributed by atoms with Crippen LogP contribution in [0.3, 0.4) is 0 Å². The molecule has 1 aromatic heterocycles. The zero-order valence-corrected chi connectivity index (χ0v) is 10.0. The molecule has 0 spiro atoms. The van der Waals surface area contributed by atoms with Gasteiger partial charge in [-0.25, -0.2) is 4.79 Å². The first-order valence-corrected chi connectivity index (χ1v) is 6.14. The third kappa shape index (κ3) is 2.40. The van der Waals surface area contributed by atoms with Crippen molar-refractivity contribution in [3.8, 4) is 0 Å². The largest absolute Gasteiger partial charge is 0.478 e. The molecule has 0 fully saturated rings. The average molecular weight is 252 g/mol. The highest BCUT2D eigenvalue weighted by Gasteiger charge is 2.08. The van der Waals surface area contributed by atoms with Gasteiger partial charge in [0, 0.05) is 4.90 Å². The molecule has 0 bridgehead atoms. The van der Waals surface area contributed by atoms with Gasteiger partial charge in [-0.05, 0) is 30.7 Å². The molecule has 0 saturated carbocycles. The maximum absolute atomic E-state index is 10.8. The molecule has 4 nitrogen and oxygen atoms in total. The number of hydrogen-bond acceptors (Lipinski definition) is 5. The van der Waals surface area contributed by atoms with Crippen molar-refractivity contribution in [3.05, 3.63) is 34.8 Å². The Morgan fingerprint density at radius 1 is 1.50 bits per heavy atom. The maximum Gasteiger partial charge on any atom is 0.335 e. The van der Waals surface area contributed by atoms with Gasteiger partial charge in [0.05, 0.1) is 5.56 Å². The summed E-state index contributed by atoms with van der Waals surface area (Å²) in [6, 6.07) is 5.24. The summed E-state index contributed by atoms with van der Waals surface area (Å²) < 4.78 is 0.850. The Morgan fingerprint density at radius 2 is 2.31 bits per heavy atom. The molecule has 1 N–H and O–H groups in total. The van der Waals surface area contributed by atoms with E-state index in [-0.39, 0.29) is 0 Å². The van der Waals surface area contributed by atoms with Gasteiger partial charge in [-0.1, -0.05) is 23.1 Å². The summed E-state index contributed by atoms with van der Waals surface area (Å²) in [7, 11) is 0. The Bertz CT molecular complexity index is 512.